The molecule has 1 aliphatic heterocycles. The Labute approximate surface area is 167 Å². The molecule has 5 nitrogen and oxygen atoms in total. The van der Waals surface area contributed by atoms with Crippen molar-refractivity contribution in [1.29, 1.82) is 0 Å². The molecule has 0 N–H and O–H groups in total. The first kappa shape index (κ1) is 17.2. The van der Waals surface area contributed by atoms with Crippen LogP contribution in [-0.4, -0.2) is 31.4 Å². The van der Waals surface area contributed by atoms with Crippen LogP contribution in [-0.2, 0) is 19.5 Å². The third-order valence-corrected chi connectivity index (χ3v) is 5.94. The van der Waals surface area contributed by atoms with E-state index in [0.29, 0.717) is 0 Å². The van der Waals surface area contributed by atoms with E-state index in [1.165, 1.54) is 16.0 Å². The topological polar surface area (TPSA) is 54.8 Å². The Hall–Kier alpha value is -2.96. The quantitative estimate of drug-likeness (QED) is 0.526. The molecule has 0 aliphatic carbocycles. The lowest BCUT2D eigenvalue weighted by molar-refractivity contribution is 0.245. The molecule has 6 heteroatoms. The van der Waals surface area contributed by atoms with Gasteiger partial charge in [0, 0.05) is 72.4 Å². The second-order valence-electron chi connectivity index (χ2n) is 6.86. The van der Waals surface area contributed by atoms with Crippen LogP contribution in [0.5, 0.6) is 0 Å². The smallest absolute Gasteiger partial charge is 0.159 e. The maximum atomic E-state index is 4.79. The van der Waals surface area contributed by atoms with Crippen LogP contribution in [0.25, 0.3) is 22.0 Å². The van der Waals surface area contributed by atoms with Crippen molar-refractivity contribution < 1.29 is 0 Å². The van der Waals surface area contributed by atoms with Gasteiger partial charge in [0.2, 0.25) is 0 Å². The summed E-state index contributed by atoms with van der Waals surface area (Å²) in [6.07, 6.45) is 8.48. The molecule has 5 rings (SSSR count). The number of fused-ring (bicyclic) bond motifs is 1. The summed E-state index contributed by atoms with van der Waals surface area (Å²) in [4.78, 5) is 21.8. The lowest BCUT2D eigenvalue weighted by atomic mass is 10.1. The van der Waals surface area contributed by atoms with Gasteiger partial charge >= 0.3 is 0 Å². The Kier molecular flexibility index (Phi) is 4.64. The van der Waals surface area contributed by atoms with Crippen LogP contribution in [0.15, 0.2) is 67.3 Å². The van der Waals surface area contributed by atoms with E-state index >= 15 is 0 Å². The van der Waals surface area contributed by atoms with Crippen molar-refractivity contribution in [1.82, 2.24) is 24.8 Å². The van der Waals surface area contributed by atoms with Gasteiger partial charge in [-0.1, -0.05) is 30.3 Å². The minimum Gasteiger partial charge on any atom is -0.293 e. The summed E-state index contributed by atoms with van der Waals surface area (Å²) in [7, 11) is 0. The van der Waals surface area contributed by atoms with Gasteiger partial charge in [0.15, 0.2) is 5.82 Å². The van der Waals surface area contributed by atoms with Gasteiger partial charge in [-0.25, -0.2) is 15.0 Å². The van der Waals surface area contributed by atoms with Crippen molar-refractivity contribution in [3.8, 4) is 22.0 Å². The molecule has 0 bridgehead atoms. The first-order valence-corrected chi connectivity index (χ1v) is 10.1. The number of rotatable bonds is 4. The number of pyridine rings is 1. The monoisotopic (exact) mass is 385 g/mol. The van der Waals surface area contributed by atoms with Gasteiger partial charge < -0.3 is 0 Å². The lowest BCUT2D eigenvalue weighted by Gasteiger charge is -2.27. The van der Waals surface area contributed by atoms with Gasteiger partial charge in [-0.15, -0.1) is 11.3 Å². The van der Waals surface area contributed by atoms with E-state index in [4.69, 9.17) is 4.98 Å². The number of hydrogen-bond acceptors (Lipinski definition) is 6. The standard InChI is InChI=1S/C22H19N5S/c1-2-4-17(5-3-1)22-25-13-19(28-22)15-27-11-8-20-18(14-27)12-24-21(26-20)16-6-9-23-10-7-16/h1-7,9-10,12-13H,8,11,14-15H2. The fourth-order valence-electron chi connectivity index (χ4n) is 3.46. The molecule has 0 radical (unpaired) electrons. The van der Waals surface area contributed by atoms with Crippen LogP contribution < -0.4 is 0 Å². The third kappa shape index (κ3) is 3.56. The first-order chi connectivity index (χ1) is 13.8. The molecule has 0 spiro atoms. The number of thiazole rings is 1. The summed E-state index contributed by atoms with van der Waals surface area (Å²) < 4.78 is 0. The van der Waals surface area contributed by atoms with Crippen LogP contribution in [0.2, 0.25) is 0 Å². The van der Waals surface area contributed by atoms with Gasteiger partial charge in [-0.05, 0) is 12.1 Å². The van der Waals surface area contributed by atoms with Crippen molar-refractivity contribution in [3.05, 3.63) is 83.4 Å². The zero-order chi connectivity index (χ0) is 18.8. The molecule has 4 aromatic rings. The molecule has 0 amide bonds. The number of aromatic nitrogens is 4. The van der Waals surface area contributed by atoms with Crippen molar-refractivity contribution in [2.24, 2.45) is 0 Å². The Bertz CT molecular complexity index is 1080. The fourth-order valence-corrected chi connectivity index (χ4v) is 4.43. The molecule has 3 aromatic heterocycles. The highest BCUT2D eigenvalue weighted by molar-refractivity contribution is 7.15. The van der Waals surface area contributed by atoms with Gasteiger partial charge in [0.05, 0.1) is 5.69 Å². The summed E-state index contributed by atoms with van der Waals surface area (Å²) in [5.74, 6) is 0.782. The van der Waals surface area contributed by atoms with E-state index in [0.717, 1.165) is 48.1 Å². The van der Waals surface area contributed by atoms with Gasteiger partial charge in [-0.2, -0.15) is 0 Å². The largest absolute Gasteiger partial charge is 0.293 e. The van der Waals surface area contributed by atoms with Crippen LogP contribution in [0.3, 0.4) is 0 Å². The third-order valence-electron chi connectivity index (χ3n) is 4.91. The number of benzene rings is 1. The molecular formula is C22H19N5S. The molecule has 1 aromatic carbocycles. The number of hydrogen-bond donors (Lipinski definition) is 0. The molecular weight excluding hydrogens is 366 g/mol. The summed E-state index contributed by atoms with van der Waals surface area (Å²) >= 11 is 1.77. The molecule has 0 saturated heterocycles. The minimum absolute atomic E-state index is 0.782. The Balaban J connectivity index is 1.30. The summed E-state index contributed by atoms with van der Waals surface area (Å²) in [6.45, 7) is 2.79. The van der Waals surface area contributed by atoms with Crippen LogP contribution >= 0.6 is 11.3 Å². The highest BCUT2D eigenvalue weighted by Crippen LogP contribution is 2.27. The van der Waals surface area contributed by atoms with E-state index in [9.17, 15) is 0 Å². The van der Waals surface area contributed by atoms with E-state index in [2.05, 4.69) is 44.1 Å². The Morgan fingerprint density at radius 2 is 1.79 bits per heavy atom. The van der Waals surface area contributed by atoms with E-state index in [1.54, 1.807) is 23.7 Å². The zero-order valence-corrected chi connectivity index (χ0v) is 16.1. The van der Waals surface area contributed by atoms with Crippen molar-refractivity contribution in [3.63, 3.8) is 0 Å². The molecule has 0 atom stereocenters. The maximum absolute atomic E-state index is 4.79. The average Bonchev–Trinajstić information content (AvgIpc) is 3.23. The van der Waals surface area contributed by atoms with E-state index < -0.39 is 0 Å². The first-order valence-electron chi connectivity index (χ1n) is 9.33. The highest BCUT2D eigenvalue weighted by atomic mass is 32.1. The predicted molar refractivity (Wildman–Crippen MR) is 111 cm³/mol. The molecule has 0 saturated carbocycles. The van der Waals surface area contributed by atoms with Crippen LogP contribution in [0.4, 0.5) is 0 Å². The van der Waals surface area contributed by atoms with Gasteiger partial charge in [0.1, 0.15) is 5.01 Å². The fraction of sp³-hybridized carbons (Fsp3) is 0.182. The summed E-state index contributed by atoms with van der Waals surface area (Å²) in [5, 5.41) is 1.08. The van der Waals surface area contributed by atoms with Crippen LogP contribution in [0, 0.1) is 0 Å². The molecule has 138 valence electrons. The Morgan fingerprint density at radius 1 is 0.929 bits per heavy atom. The SMILES string of the molecule is c1ccc(-c2ncc(CN3CCc4nc(-c5ccncc5)ncc4C3)s2)cc1. The second kappa shape index (κ2) is 7.58. The molecule has 28 heavy (non-hydrogen) atoms. The summed E-state index contributed by atoms with van der Waals surface area (Å²) in [6, 6.07) is 14.3. The normalized spacial score (nSPS) is 14.0. The second-order valence-corrected chi connectivity index (χ2v) is 7.98. The van der Waals surface area contributed by atoms with Crippen molar-refractivity contribution in [2.45, 2.75) is 19.5 Å². The molecule has 4 heterocycles. The molecule has 1 aliphatic rings. The van der Waals surface area contributed by atoms with Gasteiger partial charge in [-0.3, -0.25) is 9.88 Å². The van der Waals surface area contributed by atoms with Crippen molar-refractivity contribution >= 4 is 11.3 Å². The Morgan fingerprint density at radius 3 is 2.64 bits per heavy atom. The van der Waals surface area contributed by atoms with Gasteiger partial charge in [0.25, 0.3) is 0 Å². The minimum atomic E-state index is 0.782. The van der Waals surface area contributed by atoms with Crippen LogP contribution in [0.1, 0.15) is 16.1 Å². The average molecular weight is 385 g/mol. The molecule has 0 unspecified atom stereocenters. The van der Waals surface area contributed by atoms with E-state index in [1.807, 2.05) is 30.6 Å². The maximum Gasteiger partial charge on any atom is 0.159 e. The summed E-state index contributed by atoms with van der Waals surface area (Å²) in [5.41, 5.74) is 4.57. The number of nitrogens with zero attached hydrogens (tertiary/aromatic N) is 5. The highest BCUT2D eigenvalue weighted by Gasteiger charge is 2.19. The predicted octanol–water partition coefficient (Wildman–Crippen LogP) is 4.22. The van der Waals surface area contributed by atoms with Crippen molar-refractivity contribution in [2.75, 3.05) is 6.54 Å². The zero-order valence-electron chi connectivity index (χ0n) is 15.3. The van der Waals surface area contributed by atoms with E-state index in [-0.39, 0.29) is 0 Å². The molecule has 0 fully saturated rings. The lowest BCUT2D eigenvalue weighted by Crippen LogP contribution is -2.30.